The average molecular weight is 449 g/mol. The number of hydrogen-bond donors (Lipinski definition) is 1. The Morgan fingerprint density at radius 3 is 0.923 bits per heavy atom. The monoisotopic (exact) mass is 448 g/mol. The molecule has 5 heteroatoms. The Hall–Kier alpha value is 1.22. The van der Waals surface area contributed by atoms with E-state index in [1.807, 2.05) is 0 Å². The number of rotatable bonds is 15. The minimum Gasteiger partial charge on any atom is -0.179 e. The summed E-state index contributed by atoms with van der Waals surface area (Å²) in [4.78, 5) is 0. The summed E-state index contributed by atoms with van der Waals surface area (Å²) in [6, 6.07) is 11.1. The van der Waals surface area contributed by atoms with Gasteiger partial charge >= 0.3 is 0 Å². The van der Waals surface area contributed by atoms with Crippen LogP contribution in [0.5, 0.6) is 0 Å². The fraction of sp³-hybridized carbons (Fsp3) is 1.00. The molecular formula is C21H52SSi4. The van der Waals surface area contributed by atoms with E-state index in [1.54, 1.807) is 42.3 Å². The van der Waals surface area contributed by atoms with Gasteiger partial charge in [-0.15, -0.1) is 0 Å². The van der Waals surface area contributed by atoms with Crippen LogP contribution in [0.15, 0.2) is 0 Å². The highest BCUT2D eigenvalue weighted by Crippen LogP contribution is 2.36. The van der Waals surface area contributed by atoms with Crippen molar-refractivity contribution < 1.29 is 0 Å². The molecule has 0 aliphatic rings. The minimum atomic E-state index is -1.10. The molecule has 0 atom stereocenters. The Morgan fingerprint density at radius 1 is 0.423 bits per heavy atom. The zero-order chi connectivity index (χ0) is 20.5. The fourth-order valence-corrected chi connectivity index (χ4v) is 14.6. The highest BCUT2D eigenvalue weighted by atomic mass is 32.1. The molecule has 0 aromatic carbocycles. The molecule has 0 rings (SSSR count). The molecule has 0 spiro atoms. The van der Waals surface area contributed by atoms with Crippen LogP contribution in [-0.4, -0.2) is 38.0 Å². The van der Waals surface area contributed by atoms with Crippen LogP contribution in [0.25, 0.3) is 0 Å². The molecule has 0 aliphatic heterocycles. The molecule has 0 nitrogen and oxygen atoms in total. The molecule has 158 valence electrons. The Bertz CT molecular complexity index is 313. The van der Waals surface area contributed by atoms with Gasteiger partial charge in [0.1, 0.15) is 0 Å². The van der Waals surface area contributed by atoms with Crippen LogP contribution in [0.1, 0.15) is 25.7 Å². The molecule has 0 saturated heterocycles. The molecule has 0 radical (unpaired) electrons. The Kier molecular flexibility index (Phi) is 12.6. The third kappa shape index (κ3) is 16.2. The van der Waals surface area contributed by atoms with Crippen LogP contribution in [0.2, 0.25) is 101 Å². The molecular weight excluding hydrogens is 397 g/mol. The summed E-state index contributed by atoms with van der Waals surface area (Å²) in [6.45, 7) is 23.0. The van der Waals surface area contributed by atoms with Crippen molar-refractivity contribution in [2.45, 2.75) is 127 Å². The van der Waals surface area contributed by atoms with Crippen molar-refractivity contribution in [2.75, 3.05) is 5.75 Å². The largest absolute Gasteiger partial charge is 0.179 e. The van der Waals surface area contributed by atoms with Gasteiger partial charge in [0.2, 0.25) is 0 Å². The first-order valence-corrected chi connectivity index (χ1v) is 25.9. The third-order valence-corrected chi connectivity index (χ3v) is 17.3. The van der Waals surface area contributed by atoms with Crippen LogP contribution < -0.4 is 0 Å². The Balaban J connectivity index is 5.01. The smallest absolute Gasteiger partial charge is 0.0535 e. The molecule has 0 amide bonds. The van der Waals surface area contributed by atoms with Crippen molar-refractivity contribution >= 4 is 44.9 Å². The third-order valence-electron chi connectivity index (χ3n) is 5.77. The zero-order valence-electron chi connectivity index (χ0n) is 19.9. The zero-order valence-corrected chi connectivity index (χ0v) is 24.8. The van der Waals surface area contributed by atoms with Gasteiger partial charge in [-0.25, -0.2) is 0 Å². The predicted molar refractivity (Wildman–Crippen MR) is 142 cm³/mol. The second-order valence-corrected chi connectivity index (χ2v) is 34.9. The van der Waals surface area contributed by atoms with E-state index in [1.165, 1.54) is 25.7 Å². The highest BCUT2D eigenvalue weighted by Gasteiger charge is 2.32. The predicted octanol–water partition coefficient (Wildman–Crippen LogP) is 8.94. The second kappa shape index (κ2) is 12.0. The molecule has 0 fully saturated rings. The lowest BCUT2D eigenvalue weighted by Gasteiger charge is -2.35. The van der Waals surface area contributed by atoms with Crippen LogP contribution in [-0.2, 0) is 0 Å². The van der Waals surface area contributed by atoms with Crippen molar-refractivity contribution in [3.8, 4) is 0 Å². The second-order valence-electron chi connectivity index (χ2n) is 12.6. The van der Waals surface area contributed by atoms with E-state index in [2.05, 4.69) is 71.6 Å². The van der Waals surface area contributed by atoms with Crippen molar-refractivity contribution in [1.29, 1.82) is 0 Å². The van der Waals surface area contributed by atoms with Crippen LogP contribution >= 0.6 is 12.6 Å². The van der Waals surface area contributed by atoms with Crippen LogP contribution in [0.4, 0.5) is 0 Å². The van der Waals surface area contributed by atoms with Crippen molar-refractivity contribution in [1.82, 2.24) is 0 Å². The number of thiol groups is 1. The molecule has 0 aromatic heterocycles. The summed E-state index contributed by atoms with van der Waals surface area (Å²) in [6.07, 6.45) is 5.99. The molecule has 0 unspecified atom stereocenters. The number of hydrogen-bond acceptors (Lipinski definition) is 1. The van der Waals surface area contributed by atoms with Crippen molar-refractivity contribution in [3.63, 3.8) is 0 Å². The van der Waals surface area contributed by atoms with Gasteiger partial charge in [-0.1, -0.05) is 120 Å². The van der Waals surface area contributed by atoms with E-state index in [0.717, 1.165) is 5.75 Å². The van der Waals surface area contributed by atoms with Crippen LogP contribution in [0, 0.1) is 0 Å². The van der Waals surface area contributed by atoms with Gasteiger partial charge in [-0.2, -0.15) is 12.6 Å². The summed E-state index contributed by atoms with van der Waals surface area (Å²) in [5.41, 5.74) is 0. The van der Waals surface area contributed by atoms with E-state index in [0.29, 0.717) is 0 Å². The van der Waals surface area contributed by atoms with Crippen molar-refractivity contribution in [3.05, 3.63) is 0 Å². The van der Waals surface area contributed by atoms with Gasteiger partial charge in [0.05, 0.1) is 8.07 Å². The molecule has 0 aromatic rings. The Morgan fingerprint density at radius 2 is 0.692 bits per heavy atom. The topological polar surface area (TPSA) is 0 Å². The maximum atomic E-state index is 4.59. The van der Waals surface area contributed by atoms with Gasteiger partial charge in [-0.05, 0) is 12.2 Å². The summed E-state index contributed by atoms with van der Waals surface area (Å²) < 4.78 is 0. The van der Waals surface area contributed by atoms with E-state index >= 15 is 0 Å². The highest BCUT2D eigenvalue weighted by molar-refractivity contribution is 7.80. The first kappa shape index (κ1) is 27.2. The summed E-state index contributed by atoms with van der Waals surface area (Å²) in [7, 11) is -3.77. The van der Waals surface area contributed by atoms with Crippen molar-refractivity contribution in [2.24, 2.45) is 0 Å². The van der Waals surface area contributed by atoms with E-state index in [9.17, 15) is 0 Å². The van der Waals surface area contributed by atoms with Gasteiger partial charge in [0.15, 0.2) is 0 Å². The SMILES string of the molecule is C[Si](C)(C)CCC[Si](CCCS)(CCC[Si](C)(C)C)CCC[Si](C)(C)C. The summed E-state index contributed by atoms with van der Waals surface area (Å²) in [5.74, 6) is 1.10. The lowest BCUT2D eigenvalue weighted by Crippen LogP contribution is -2.36. The molecule has 0 saturated carbocycles. The maximum absolute atomic E-state index is 4.59. The molecule has 0 N–H and O–H groups in total. The summed E-state index contributed by atoms with van der Waals surface area (Å²) >= 11 is 4.59. The molecule has 0 bridgehead atoms. The van der Waals surface area contributed by atoms with E-state index in [4.69, 9.17) is 0 Å². The maximum Gasteiger partial charge on any atom is 0.0535 e. The lowest BCUT2D eigenvalue weighted by atomic mass is 10.5. The van der Waals surface area contributed by atoms with Gasteiger partial charge < -0.3 is 0 Å². The quantitative estimate of drug-likeness (QED) is 0.187. The fourth-order valence-electron chi connectivity index (χ4n) is 4.19. The molecule has 0 aliphatic carbocycles. The Labute approximate surface area is 177 Å². The molecule has 26 heavy (non-hydrogen) atoms. The standard InChI is InChI=1S/C21H52SSi4/c1-23(2,3)15-11-19-26(18-10-14-22,20-12-16-24(4,5)6)21-13-17-25(7,8)9/h22H,10-21H2,1-9H3. The van der Waals surface area contributed by atoms with Gasteiger partial charge in [-0.3, -0.25) is 0 Å². The lowest BCUT2D eigenvalue weighted by molar-refractivity contribution is 0.869. The average Bonchev–Trinajstić information content (AvgIpc) is 2.40. The van der Waals surface area contributed by atoms with Gasteiger partial charge in [0, 0.05) is 24.2 Å². The normalized spacial score (nSPS) is 14.1. The molecule has 0 heterocycles. The van der Waals surface area contributed by atoms with E-state index in [-0.39, 0.29) is 0 Å². The first-order valence-electron chi connectivity index (χ1n) is 11.3. The summed E-state index contributed by atoms with van der Waals surface area (Å²) in [5, 5.41) is 0. The van der Waals surface area contributed by atoms with Gasteiger partial charge in [0.25, 0.3) is 0 Å². The van der Waals surface area contributed by atoms with Crippen LogP contribution in [0.3, 0.4) is 0 Å². The first-order chi connectivity index (χ1) is 11.7. The minimum absolute atomic E-state index is 0.890. The van der Waals surface area contributed by atoms with E-state index < -0.39 is 32.3 Å².